The Hall–Kier alpha value is -2.76. The zero-order valence-electron chi connectivity index (χ0n) is 10.1. The van der Waals surface area contributed by atoms with Crippen molar-refractivity contribution in [3.05, 3.63) is 54.4 Å². The fourth-order valence-electron chi connectivity index (χ4n) is 1.37. The zero-order valence-corrected chi connectivity index (χ0v) is 10.1. The monoisotopic (exact) mass is 259 g/mol. The summed E-state index contributed by atoms with van der Waals surface area (Å²) in [6.07, 6.45) is 1.62. The molecule has 1 heterocycles. The van der Waals surface area contributed by atoms with Crippen LogP contribution < -0.4 is 15.6 Å². The van der Waals surface area contributed by atoms with Crippen LogP contribution in [0.3, 0.4) is 0 Å². The van der Waals surface area contributed by atoms with Crippen LogP contribution in [-0.4, -0.2) is 23.4 Å². The highest BCUT2D eigenvalue weighted by molar-refractivity contribution is 5.93. The van der Waals surface area contributed by atoms with E-state index in [1.165, 1.54) is 0 Å². The molecule has 0 bridgehead atoms. The second-order valence-electron chi connectivity index (χ2n) is 3.69. The Morgan fingerprint density at radius 2 is 1.84 bits per heavy atom. The predicted molar refractivity (Wildman–Crippen MR) is 68.3 cm³/mol. The van der Waals surface area contributed by atoms with Gasteiger partial charge in [-0.3, -0.25) is 20.4 Å². The molecule has 0 fully saturated rings. The van der Waals surface area contributed by atoms with Crippen molar-refractivity contribution in [1.82, 2.24) is 15.8 Å². The molecule has 0 radical (unpaired) electrons. The number of para-hydroxylation sites is 1. The highest BCUT2D eigenvalue weighted by Crippen LogP contribution is 2.07. The van der Waals surface area contributed by atoms with E-state index >= 15 is 0 Å². The van der Waals surface area contributed by atoms with Crippen molar-refractivity contribution >= 4 is 11.8 Å². The van der Waals surface area contributed by atoms with Gasteiger partial charge in [-0.15, -0.1) is 0 Å². The second kappa shape index (κ2) is 6.25. The summed E-state index contributed by atoms with van der Waals surface area (Å²) in [4.78, 5) is 25.6. The number of hydrogen-bond acceptors (Lipinski definition) is 3. The quantitative estimate of drug-likeness (QED) is 0.712. The number of benzene rings is 1. The van der Waals surface area contributed by atoms with Crippen molar-refractivity contribution in [2.75, 3.05) is 6.61 Å². The standard InChI is InChI=1S/C13H13N3O3/c17-12(9-19-10-5-2-1-3-6-10)15-16-13(18)11-7-4-8-14-11/h1-8,14H,9H2,(H,15,17)(H,16,18). The first kappa shape index (κ1) is 12.7. The van der Waals surface area contributed by atoms with Gasteiger partial charge in [0.15, 0.2) is 6.61 Å². The molecule has 3 N–H and O–H groups in total. The van der Waals surface area contributed by atoms with Gasteiger partial charge in [-0.05, 0) is 24.3 Å². The Morgan fingerprint density at radius 1 is 1.05 bits per heavy atom. The van der Waals surface area contributed by atoms with Crippen molar-refractivity contribution < 1.29 is 14.3 Å². The van der Waals surface area contributed by atoms with E-state index < -0.39 is 11.8 Å². The maximum atomic E-state index is 11.5. The first-order valence-electron chi connectivity index (χ1n) is 5.66. The molecular formula is C13H13N3O3. The van der Waals surface area contributed by atoms with E-state index in [2.05, 4.69) is 15.8 Å². The summed E-state index contributed by atoms with van der Waals surface area (Å²) in [5.41, 5.74) is 4.89. The molecule has 0 aliphatic rings. The van der Waals surface area contributed by atoms with Crippen LogP contribution in [0.15, 0.2) is 48.7 Å². The SMILES string of the molecule is O=C(COc1ccccc1)NNC(=O)c1ccc[nH]1. The van der Waals surface area contributed by atoms with Crippen LogP contribution in [0, 0.1) is 0 Å². The molecule has 1 aromatic carbocycles. The Morgan fingerprint density at radius 3 is 2.53 bits per heavy atom. The van der Waals surface area contributed by atoms with E-state index in [4.69, 9.17) is 4.74 Å². The number of aromatic nitrogens is 1. The van der Waals surface area contributed by atoms with Crippen molar-refractivity contribution in [3.8, 4) is 5.75 Å². The van der Waals surface area contributed by atoms with E-state index in [0.29, 0.717) is 11.4 Å². The molecule has 0 aliphatic heterocycles. The maximum absolute atomic E-state index is 11.5. The van der Waals surface area contributed by atoms with Gasteiger partial charge in [0.2, 0.25) is 0 Å². The van der Waals surface area contributed by atoms with Crippen molar-refractivity contribution in [2.45, 2.75) is 0 Å². The highest BCUT2D eigenvalue weighted by atomic mass is 16.5. The molecule has 0 saturated heterocycles. The van der Waals surface area contributed by atoms with Gasteiger partial charge in [0.25, 0.3) is 11.8 Å². The molecule has 0 spiro atoms. The summed E-state index contributed by atoms with van der Waals surface area (Å²) in [7, 11) is 0. The zero-order chi connectivity index (χ0) is 13.5. The van der Waals surface area contributed by atoms with Crippen LogP contribution in [0.4, 0.5) is 0 Å². The fraction of sp³-hybridized carbons (Fsp3) is 0.0769. The molecule has 19 heavy (non-hydrogen) atoms. The largest absolute Gasteiger partial charge is 0.484 e. The minimum absolute atomic E-state index is 0.172. The minimum Gasteiger partial charge on any atom is -0.484 e. The average Bonchev–Trinajstić information content (AvgIpc) is 2.98. The third kappa shape index (κ3) is 3.88. The lowest BCUT2D eigenvalue weighted by atomic mass is 10.3. The molecule has 1 aromatic heterocycles. The molecule has 6 heteroatoms. The molecule has 0 aliphatic carbocycles. The van der Waals surface area contributed by atoms with Crippen LogP contribution in [0.1, 0.15) is 10.5 Å². The van der Waals surface area contributed by atoms with Gasteiger partial charge in [0.05, 0.1) is 0 Å². The van der Waals surface area contributed by atoms with Gasteiger partial charge in [-0.1, -0.05) is 18.2 Å². The number of nitrogens with one attached hydrogen (secondary N) is 3. The van der Waals surface area contributed by atoms with Crippen molar-refractivity contribution in [2.24, 2.45) is 0 Å². The number of hydrogen-bond donors (Lipinski definition) is 3. The van der Waals surface area contributed by atoms with Crippen LogP contribution in [0.5, 0.6) is 5.75 Å². The third-order valence-corrected chi connectivity index (χ3v) is 2.27. The predicted octanol–water partition coefficient (Wildman–Crippen LogP) is 0.855. The van der Waals surface area contributed by atoms with Gasteiger partial charge in [-0.2, -0.15) is 0 Å². The van der Waals surface area contributed by atoms with E-state index in [-0.39, 0.29) is 6.61 Å². The highest BCUT2D eigenvalue weighted by Gasteiger charge is 2.07. The first-order valence-corrected chi connectivity index (χ1v) is 5.66. The minimum atomic E-state index is -0.441. The smallest absolute Gasteiger partial charge is 0.286 e. The number of H-pyrrole nitrogens is 1. The Balaban J connectivity index is 1.72. The summed E-state index contributed by atoms with van der Waals surface area (Å²) < 4.78 is 5.22. The molecular weight excluding hydrogens is 246 g/mol. The summed E-state index contributed by atoms with van der Waals surface area (Å²) in [5.74, 6) is -0.268. The first-order chi connectivity index (χ1) is 9.25. The van der Waals surface area contributed by atoms with Gasteiger partial charge in [-0.25, -0.2) is 0 Å². The van der Waals surface area contributed by atoms with E-state index in [9.17, 15) is 9.59 Å². The van der Waals surface area contributed by atoms with Crippen LogP contribution in [-0.2, 0) is 4.79 Å². The van der Waals surface area contributed by atoms with Crippen LogP contribution in [0.2, 0.25) is 0 Å². The van der Waals surface area contributed by atoms with Crippen molar-refractivity contribution in [3.63, 3.8) is 0 Å². The Labute approximate surface area is 109 Å². The summed E-state index contributed by atoms with van der Waals surface area (Å²) in [6, 6.07) is 12.2. The number of hydrazine groups is 1. The molecule has 2 rings (SSSR count). The summed E-state index contributed by atoms with van der Waals surface area (Å²) in [6.45, 7) is -0.172. The second-order valence-corrected chi connectivity index (χ2v) is 3.69. The number of amides is 2. The Bertz CT molecular complexity index is 538. The molecule has 98 valence electrons. The van der Waals surface area contributed by atoms with E-state index in [1.54, 1.807) is 42.6 Å². The number of aromatic amines is 1. The van der Waals surface area contributed by atoms with Crippen LogP contribution in [0.25, 0.3) is 0 Å². The molecule has 0 unspecified atom stereocenters. The number of carbonyl (C=O) groups excluding carboxylic acids is 2. The lowest BCUT2D eigenvalue weighted by Gasteiger charge is -2.07. The fourth-order valence-corrected chi connectivity index (χ4v) is 1.37. The number of rotatable bonds is 4. The topological polar surface area (TPSA) is 83.2 Å². The Kier molecular flexibility index (Phi) is 4.17. The lowest BCUT2D eigenvalue weighted by Crippen LogP contribution is -2.43. The summed E-state index contributed by atoms with van der Waals surface area (Å²) in [5, 5.41) is 0. The normalized spacial score (nSPS) is 9.68. The van der Waals surface area contributed by atoms with Gasteiger partial charge < -0.3 is 9.72 Å². The van der Waals surface area contributed by atoms with Crippen molar-refractivity contribution in [1.29, 1.82) is 0 Å². The number of carbonyl (C=O) groups is 2. The van der Waals surface area contributed by atoms with Crippen LogP contribution >= 0.6 is 0 Å². The molecule has 0 saturated carbocycles. The van der Waals surface area contributed by atoms with Gasteiger partial charge in [0, 0.05) is 6.20 Å². The maximum Gasteiger partial charge on any atom is 0.286 e. The van der Waals surface area contributed by atoms with Gasteiger partial charge in [0.1, 0.15) is 11.4 Å². The average molecular weight is 259 g/mol. The number of ether oxygens (including phenoxy) is 1. The third-order valence-electron chi connectivity index (χ3n) is 2.27. The molecule has 0 atom stereocenters. The molecule has 6 nitrogen and oxygen atoms in total. The lowest BCUT2D eigenvalue weighted by molar-refractivity contribution is -0.123. The van der Waals surface area contributed by atoms with Gasteiger partial charge >= 0.3 is 0 Å². The van der Waals surface area contributed by atoms with E-state index in [1.807, 2.05) is 6.07 Å². The summed E-state index contributed by atoms with van der Waals surface area (Å²) >= 11 is 0. The van der Waals surface area contributed by atoms with E-state index in [0.717, 1.165) is 0 Å². The molecule has 2 amide bonds. The molecule has 2 aromatic rings.